The molecule has 1 rings (SSSR count). The molecule has 1 unspecified atom stereocenters. The Morgan fingerprint density at radius 3 is 3.07 bits per heavy atom. The molecule has 0 aliphatic carbocycles. The van der Waals surface area contributed by atoms with E-state index in [1.54, 1.807) is 18.5 Å². The topological polar surface area (TPSA) is 50.2 Å². The van der Waals surface area contributed by atoms with Crippen LogP contribution in [0.4, 0.5) is 0 Å². The van der Waals surface area contributed by atoms with Gasteiger partial charge in [-0.25, -0.2) is 0 Å². The van der Waals surface area contributed by atoms with E-state index in [2.05, 4.69) is 4.98 Å². The van der Waals surface area contributed by atoms with Crippen LogP contribution in [0.25, 0.3) is 0 Å². The van der Waals surface area contributed by atoms with Crippen molar-refractivity contribution in [1.29, 1.82) is 0 Å². The quantitative estimate of drug-likeness (QED) is 0.810. The molecule has 0 saturated carbocycles. The minimum absolute atomic E-state index is 0.00685. The number of pyridine rings is 1. The van der Waals surface area contributed by atoms with Gasteiger partial charge in [0.15, 0.2) is 0 Å². The minimum atomic E-state index is -0.796. The summed E-state index contributed by atoms with van der Waals surface area (Å²) in [6, 6.07) is 1.78. The molecule has 1 atom stereocenters. The number of hydrogen-bond acceptors (Lipinski definition) is 3. The first-order valence-electron chi connectivity index (χ1n) is 4.07. The Hall–Kier alpha value is -0.740. The molecule has 0 saturated heterocycles. The molecule has 1 aromatic rings. The zero-order valence-electron chi connectivity index (χ0n) is 7.61. The van der Waals surface area contributed by atoms with Crippen LogP contribution in [-0.2, 0) is 4.79 Å². The summed E-state index contributed by atoms with van der Waals surface area (Å²) in [6.07, 6.45) is 3.32. The maximum absolute atomic E-state index is 10.4. The van der Waals surface area contributed by atoms with E-state index in [-0.39, 0.29) is 11.7 Å². The molecule has 0 bridgehead atoms. The van der Waals surface area contributed by atoms with Crippen molar-refractivity contribution >= 4 is 29.3 Å². The van der Waals surface area contributed by atoms with Crippen molar-refractivity contribution in [3.05, 3.63) is 23.5 Å². The molecular formula is C9H10ClNO2S. The Labute approximate surface area is 91.5 Å². The summed E-state index contributed by atoms with van der Waals surface area (Å²) in [6.45, 7) is 1.86. The predicted molar refractivity (Wildman–Crippen MR) is 56.8 cm³/mol. The molecule has 0 aliphatic heterocycles. The Morgan fingerprint density at radius 1 is 1.79 bits per heavy atom. The average Bonchev–Trinajstić information content (AvgIpc) is 2.07. The summed E-state index contributed by atoms with van der Waals surface area (Å²) in [5.41, 5.74) is 0. The number of carbonyl (C=O) groups is 1. The fourth-order valence-corrected chi connectivity index (χ4v) is 2.18. The summed E-state index contributed by atoms with van der Waals surface area (Å²) in [5, 5.41) is 9.14. The van der Waals surface area contributed by atoms with Crippen LogP contribution >= 0.6 is 23.4 Å². The maximum Gasteiger partial charge on any atom is 0.304 e. The number of carboxylic acids is 1. The van der Waals surface area contributed by atoms with Crippen molar-refractivity contribution in [2.24, 2.45) is 0 Å². The second-order valence-corrected chi connectivity index (χ2v) is 4.72. The molecule has 0 aliphatic rings. The zero-order valence-corrected chi connectivity index (χ0v) is 9.18. The molecular weight excluding hydrogens is 222 g/mol. The zero-order chi connectivity index (χ0) is 10.6. The fourth-order valence-electron chi connectivity index (χ4n) is 0.962. The van der Waals surface area contributed by atoms with E-state index in [9.17, 15) is 4.79 Å². The van der Waals surface area contributed by atoms with Gasteiger partial charge in [-0.2, -0.15) is 0 Å². The second kappa shape index (κ2) is 5.22. The highest BCUT2D eigenvalue weighted by Crippen LogP contribution is 2.30. The molecule has 76 valence electrons. The van der Waals surface area contributed by atoms with Crippen LogP contribution in [0.5, 0.6) is 0 Å². The number of carboxylic acid groups (broad SMARTS) is 1. The van der Waals surface area contributed by atoms with Gasteiger partial charge in [-0.15, -0.1) is 11.8 Å². The third-order valence-corrected chi connectivity index (χ3v) is 3.12. The lowest BCUT2D eigenvalue weighted by molar-refractivity contribution is -0.136. The highest BCUT2D eigenvalue weighted by molar-refractivity contribution is 8.00. The molecule has 5 heteroatoms. The Kier molecular flexibility index (Phi) is 4.22. The van der Waals surface area contributed by atoms with Crippen LogP contribution in [0.3, 0.4) is 0 Å². The van der Waals surface area contributed by atoms with Crippen LogP contribution in [0, 0.1) is 0 Å². The Morgan fingerprint density at radius 2 is 2.50 bits per heavy atom. The molecule has 1 N–H and O–H groups in total. The number of nitrogens with zero attached hydrogens (tertiary/aromatic N) is 1. The predicted octanol–water partition coefficient (Wildman–Crippen LogP) is 2.69. The molecule has 0 aromatic carbocycles. The van der Waals surface area contributed by atoms with Gasteiger partial charge in [0.05, 0.1) is 11.4 Å². The molecule has 0 amide bonds. The van der Waals surface area contributed by atoms with E-state index in [1.165, 1.54) is 11.8 Å². The van der Waals surface area contributed by atoms with Crippen molar-refractivity contribution < 1.29 is 9.90 Å². The molecule has 0 fully saturated rings. The first-order valence-corrected chi connectivity index (χ1v) is 5.33. The molecule has 3 nitrogen and oxygen atoms in total. The summed E-state index contributed by atoms with van der Waals surface area (Å²) in [4.78, 5) is 15.1. The monoisotopic (exact) mass is 231 g/mol. The van der Waals surface area contributed by atoms with Crippen LogP contribution in [0.2, 0.25) is 5.02 Å². The van der Waals surface area contributed by atoms with Gasteiger partial charge in [0, 0.05) is 22.5 Å². The van der Waals surface area contributed by atoms with E-state index in [1.807, 2.05) is 6.92 Å². The fraction of sp³-hybridized carbons (Fsp3) is 0.333. The molecule has 14 heavy (non-hydrogen) atoms. The Balaban J connectivity index is 2.60. The Bertz CT molecular complexity index is 332. The minimum Gasteiger partial charge on any atom is -0.481 e. The highest BCUT2D eigenvalue weighted by Gasteiger charge is 2.10. The standard InChI is InChI=1S/C9H10ClNO2S/c1-6(4-9(12)13)14-8-2-3-11-5-7(8)10/h2-3,5-6H,4H2,1H3,(H,12,13). The van der Waals surface area contributed by atoms with Crippen molar-refractivity contribution in [2.45, 2.75) is 23.5 Å². The van der Waals surface area contributed by atoms with Gasteiger partial charge in [0.1, 0.15) is 0 Å². The molecule has 1 aromatic heterocycles. The van der Waals surface area contributed by atoms with E-state index in [4.69, 9.17) is 16.7 Å². The number of halogens is 1. The first kappa shape index (κ1) is 11.3. The number of thioether (sulfide) groups is 1. The van der Waals surface area contributed by atoms with Crippen molar-refractivity contribution in [2.75, 3.05) is 0 Å². The molecule has 0 radical (unpaired) electrons. The highest BCUT2D eigenvalue weighted by atomic mass is 35.5. The van der Waals surface area contributed by atoms with Crippen molar-refractivity contribution in [3.63, 3.8) is 0 Å². The molecule has 1 heterocycles. The number of aliphatic carboxylic acids is 1. The van der Waals surface area contributed by atoms with Gasteiger partial charge in [-0.05, 0) is 6.07 Å². The lowest BCUT2D eigenvalue weighted by atomic mass is 10.3. The first-order chi connectivity index (χ1) is 6.59. The van der Waals surface area contributed by atoms with Gasteiger partial charge in [-0.3, -0.25) is 9.78 Å². The summed E-state index contributed by atoms with van der Waals surface area (Å²) in [5.74, 6) is -0.796. The van der Waals surface area contributed by atoms with Gasteiger partial charge in [0.25, 0.3) is 0 Å². The summed E-state index contributed by atoms with van der Waals surface area (Å²) in [7, 11) is 0. The van der Waals surface area contributed by atoms with Crippen LogP contribution < -0.4 is 0 Å². The van der Waals surface area contributed by atoms with E-state index >= 15 is 0 Å². The summed E-state index contributed by atoms with van der Waals surface area (Å²) >= 11 is 7.32. The van der Waals surface area contributed by atoms with Gasteiger partial charge >= 0.3 is 5.97 Å². The van der Waals surface area contributed by atoms with E-state index in [0.717, 1.165) is 4.90 Å². The number of aromatic nitrogens is 1. The third kappa shape index (κ3) is 3.55. The smallest absolute Gasteiger partial charge is 0.304 e. The van der Waals surface area contributed by atoms with E-state index < -0.39 is 5.97 Å². The van der Waals surface area contributed by atoms with Crippen molar-refractivity contribution in [1.82, 2.24) is 4.98 Å². The lowest BCUT2D eigenvalue weighted by Gasteiger charge is -2.08. The van der Waals surface area contributed by atoms with Crippen LogP contribution in [0.15, 0.2) is 23.4 Å². The summed E-state index contributed by atoms with van der Waals surface area (Å²) < 4.78 is 0. The largest absolute Gasteiger partial charge is 0.481 e. The second-order valence-electron chi connectivity index (χ2n) is 2.83. The SMILES string of the molecule is CC(CC(=O)O)Sc1ccncc1Cl. The number of rotatable bonds is 4. The molecule has 0 spiro atoms. The lowest BCUT2D eigenvalue weighted by Crippen LogP contribution is -2.05. The average molecular weight is 232 g/mol. The van der Waals surface area contributed by atoms with Gasteiger partial charge in [0.2, 0.25) is 0 Å². The number of hydrogen-bond donors (Lipinski definition) is 1. The van der Waals surface area contributed by atoms with Gasteiger partial charge < -0.3 is 5.11 Å². The van der Waals surface area contributed by atoms with Crippen LogP contribution in [0.1, 0.15) is 13.3 Å². The van der Waals surface area contributed by atoms with E-state index in [0.29, 0.717) is 5.02 Å². The van der Waals surface area contributed by atoms with Crippen molar-refractivity contribution in [3.8, 4) is 0 Å². The van der Waals surface area contributed by atoms with Gasteiger partial charge in [-0.1, -0.05) is 18.5 Å². The maximum atomic E-state index is 10.4. The third-order valence-electron chi connectivity index (χ3n) is 1.53. The van der Waals surface area contributed by atoms with Crippen LogP contribution in [-0.4, -0.2) is 21.3 Å². The normalized spacial score (nSPS) is 12.4.